The van der Waals surface area contributed by atoms with Gasteiger partial charge in [0.25, 0.3) is 5.91 Å². The molecule has 0 aliphatic rings. The Labute approximate surface area is 160 Å². The molecular weight excluding hydrogens is 391 g/mol. The highest BCUT2D eigenvalue weighted by Crippen LogP contribution is 2.36. The summed E-state index contributed by atoms with van der Waals surface area (Å²) in [5, 5.41) is 9.44. The Bertz CT molecular complexity index is 1160. The summed E-state index contributed by atoms with van der Waals surface area (Å²) in [4.78, 5) is 40.5. The summed E-state index contributed by atoms with van der Waals surface area (Å²) in [6.45, 7) is 1.08. The molecule has 1 aromatic heterocycles. The molecule has 3 N–H and O–H groups in total. The Balaban J connectivity index is 1.84. The number of H-pyrrole nitrogens is 2. The van der Waals surface area contributed by atoms with Gasteiger partial charge in [-0.1, -0.05) is 12.1 Å². The Morgan fingerprint density at radius 3 is 2.45 bits per heavy atom. The number of azo groups is 1. The van der Waals surface area contributed by atoms with Gasteiger partial charge in [-0.3, -0.25) is 9.59 Å². The van der Waals surface area contributed by atoms with Gasteiger partial charge in [-0.2, -0.15) is 23.4 Å². The molecule has 0 fully saturated rings. The van der Waals surface area contributed by atoms with Crippen molar-refractivity contribution >= 4 is 34.1 Å². The number of benzene rings is 2. The summed E-state index contributed by atoms with van der Waals surface area (Å²) in [7, 11) is 0. The number of aromatic amines is 2. The number of alkyl halides is 3. The number of carbonyl (C=O) groups excluding carboxylic acids is 2. The van der Waals surface area contributed by atoms with E-state index in [1.165, 1.54) is 30.3 Å². The number of hydrogen-bond donors (Lipinski definition) is 3. The molecule has 0 unspecified atom stereocenters. The number of rotatable bonds is 5. The van der Waals surface area contributed by atoms with E-state index in [9.17, 15) is 27.6 Å². The number of hydrogen-bond acceptors (Lipinski definition) is 5. The molecular formula is C18H14F3N5O3. The van der Waals surface area contributed by atoms with Gasteiger partial charge in [0, 0.05) is 5.69 Å². The predicted octanol–water partition coefficient (Wildman–Crippen LogP) is 3.56. The fourth-order valence-corrected chi connectivity index (χ4v) is 2.56. The van der Waals surface area contributed by atoms with Crippen molar-refractivity contribution in [3.8, 4) is 0 Å². The first-order valence-corrected chi connectivity index (χ1v) is 8.25. The average molecular weight is 405 g/mol. The third-order valence-corrected chi connectivity index (χ3v) is 3.91. The fraction of sp³-hybridized carbons (Fsp3) is 0.167. The second-order valence-corrected chi connectivity index (χ2v) is 6.07. The molecule has 0 saturated heterocycles. The highest BCUT2D eigenvalue weighted by molar-refractivity contribution is 6.10. The largest absolute Gasteiger partial charge is 0.418 e. The Hall–Kier alpha value is -3.76. The smallest absolute Gasteiger partial charge is 0.324 e. The summed E-state index contributed by atoms with van der Waals surface area (Å²) in [6, 6.07) is 7.26. The van der Waals surface area contributed by atoms with Gasteiger partial charge in [0.1, 0.15) is 0 Å². The molecule has 0 bridgehead atoms. The molecule has 2 aromatic carbocycles. The van der Waals surface area contributed by atoms with E-state index in [2.05, 4.69) is 25.5 Å². The van der Waals surface area contributed by atoms with Gasteiger partial charge in [-0.25, -0.2) is 4.79 Å². The predicted molar refractivity (Wildman–Crippen MR) is 98.0 cm³/mol. The van der Waals surface area contributed by atoms with Crippen molar-refractivity contribution in [1.82, 2.24) is 9.97 Å². The van der Waals surface area contributed by atoms with E-state index in [1.54, 1.807) is 0 Å². The Morgan fingerprint density at radius 1 is 1.07 bits per heavy atom. The quantitative estimate of drug-likeness (QED) is 0.445. The van der Waals surface area contributed by atoms with Crippen molar-refractivity contribution in [2.75, 3.05) is 5.32 Å². The van der Waals surface area contributed by atoms with Crippen molar-refractivity contribution in [2.24, 2.45) is 10.2 Å². The number of fused-ring (bicyclic) bond motifs is 1. The SMILES string of the molecule is CC(=O)[C@H](N=Nc1ccccc1C(F)(F)F)C(=O)Nc1ccc2[nH]c(=O)[nH]c2c1. The maximum absolute atomic E-state index is 13.0. The Kier molecular flexibility index (Phi) is 5.31. The molecule has 1 heterocycles. The van der Waals surface area contributed by atoms with Crippen LogP contribution in [-0.2, 0) is 15.8 Å². The van der Waals surface area contributed by atoms with E-state index in [1.807, 2.05) is 0 Å². The van der Waals surface area contributed by atoms with Crippen LogP contribution < -0.4 is 11.0 Å². The molecule has 150 valence electrons. The van der Waals surface area contributed by atoms with Crippen LogP contribution in [0.15, 0.2) is 57.5 Å². The summed E-state index contributed by atoms with van der Waals surface area (Å²) in [6.07, 6.45) is -4.66. The van der Waals surface area contributed by atoms with Gasteiger partial charge in [0.2, 0.25) is 6.04 Å². The lowest BCUT2D eigenvalue weighted by atomic mass is 10.2. The summed E-state index contributed by atoms with van der Waals surface area (Å²) in [5.41, 5.74) is -0.775. The van der Waals surface area contributed by atoms with Crippen LogP contribution in [-0.4, -0.2) is 27.7 Å². The summed E-state index contributed by atoms with van der Waals surface area (Å²) in [5.74, 6) is -1.57. The summed E-state index contributed by atoms with van der Waals surface area (Å²) >= 11 is 0. The number of amides is 1. The lowest BCUT2D eigenvalue weighted by Gasteiger charge is -2.11. The van der Waals surface area contributed by atoms with Crippen molar-refractivity contribution < 1.29 is 22.8 Å². The minimum Gasteiger partial charge on any atom is -0.324 e. The van der Waals surface area contributed by atoms with Crippen LogP contribution in [0.3, 0.4) is 0 Å². The van der Waals surface area contributed by atoms with Crippen molar-refractivity contribution in [1.29, 1.82) is 0 Å². The highest BCUT2D eigenvalue weighted by Gasteiger charge is 2.33. The Morgan fingerprint density at radius 2 is 1.76 bits per heavy atom. The first kappa shape index (κ1) is 20.0. The molecule has 1 amide bonds. The number of aromatic nitrogens is 2. The maximum Gasteiger partial charge on any atom is 0.418 e. The molecule has 0 spiro atoms. The van der Waals surface area contributed by atoms with Crippen LogP contribution >= 0.6 is 0 Å². The number of carbonyl (C=O) groups is 2. The molecule has 1 atom stereocenters. The van der Waals surface area contributed by atoms with E-state index in [0.717, 1.165) is 19.1 Å². The summed E-state index contributed by atoms with van der Waals surface area (Å²) < 4.78 is 39.1. The van der Waals surface area contributed by atoms with Crippen molar-refractivity contribution in [3.63, 3.8) is 0 Å². The first-order valence-electron chi connectivity index (χ1n) is 8.25. The first-order chi connectivity index (χ1) is 13.6. The molecule has 0 radical (unpaired) electrons. The number of anilines is 1. The zero-order chi connectivity index (χ0) is 21.2. The van der Waals surface area contributed by atoms with Crippen molar-refractivity contribution in [3.05, 3.63) is 58.5 Å². The maximum atomic E-state index is 13.0. The van der Waals surface area contributed by atoms with Crippen LogP contribution in [0.25, 0.3) is 11.0 Å². The molecule has 0 saturated carbocycles. The number of imidazole rings is 1. The monoisotopic (exact) mass is 405 g/mol. The van der Waals surface area contributed by atoms with Crippen molar-refractivity contribution in [2.45, 2.75) is 19.1 Å². The third-order valence-electron chi connectivity index (χ3n) is 3.91. The number of ketones is 1. The van der Waals surface area contributed by atoms with E-state index in [0.29, 0.717) is 11.0 Å². The minimum absolute atomic E-state index is 0.259. The molecule has 3 rings (SSSR count). The van der Waals surface area contributed by atoms with Gasteiger partial charge in [-0.05, 0) is 37.3 Å². The van der Waals surface area contributed by atoms with E-state index >= 15 is 0 Å². The minimum atomic E-state index is -4.66. The van der Waals surface area contributed by atoms with Crippen LogP contribution in [0, 0.1) is 0 Å². The second kappa shape index (κ2) is 7.70. The fourth-order valence-electron chi connectivity index (χ4n) is 2.56. The number of halogens is 3. The van der Waals surface area contributed by atoms with Crippen LogP contribution in [0.2, 0.25) is 0 Å². The molecule has 11 heteroatoms. The lowest BCUT2D eigenvalue weighted by Crippen LogP contribution is -2.31. The van der Waals surface area contributed by atoms with Gasteiger partial charge >= 0.3 is 11.9 Å². The number of Topliss-reactive ketones (excluding diaryl/α,β-unsaturated/α-hetero) is 1. The lowest BCUT2D eigenvalue weighted by molar-refractivity contribution is -0.137. The zero-order valence-electron chi connectivity index (χ0n) is 14.9. The van der Waals surface area contributed by atoms with Crippen LogP contribution in [0.4, 0.5) is 24.5 Å². The molecule has 29 heavy (non-hydrogen) atoms. The van der Waals surface area contributed by atoms with Gasteiger partial charge in [0.15, 0.2) is 5.78 Å². The molecule has 8 nitrogen and oxygen atoms in total. The molecule has 3 aromatic rings. The number of nitrogens with zero attached hydrogens (tertiary/aromatic N) is 2. The normalized spacial score (nSPS) is 13.0. The standard InChI is InChI=1S/C18H14F3N5O3/c1-9(27)15(26-25-12-5-3-2-4-11(12)18(19,20)21)16(28)22-10-6-7-13-14(8-10)24-17(29)23-13/h2-8,15H,1H3,(H,22,28)(H2,23,24,29)/t15-/m0/s1. The van der Waals surface area contributed by atoms with Gasteiger partial charge < -0.3 is 15.3 Å². The van der Waals surface area contributed by atoms with Crippen LogP contribution in [0.5, 0.6) is 0 Å². The number of nitrogens with one attached hydrogen (secondary N) is 3. The van der Waals surface area contributed by atoms with Gasteiger partial charge in [0.05, 0.1) is 22.3 Å². The van der Waals surface area contributed by atoms with E-state index in [4.69, 9.17) is 0 Å². The van der Waals surface area contributed by atoms with Crippen LogP contribution in [0.1, 0.15) is 12.5 Å². The van der Waals surface area contributed by atoms with Gasteiger partial charge in [-0.15, -0.1) is 0 Å². The van der Waals surface area contributed by atoms with E-state index in [-0.39, 0.29) is 5.69 Å². The zero-order valence-corrected chi connectivity index (χ0v) is 14.9. The molecule has 0 aliphatic heterocycles. The molecule has 0 aliphatic carbocycles. The topological polar surface area (TPSA) is 120 Å². The third kappa shape index (κ3) is 4.57. The average Bonchev–Trinajstić information content (AvgIpc) is 3.00. The van der Waals surface area contributed by atoms with E-state index < -0.39 is 40.8 Å². The second-order valence-electron chi connectivity index (χ2n) is 6.07. The highest BCUT2D eigenvalue weighted by atomic mass is 19.4.